The maximum Gasteiger partial charge on any atom is 0.340 e. The smallest absolute Gasteiger partial charge is 0.340 e. The molecule has 1 heterocycles. The number of hydrogen-bond acceptors (Lipinski definition) is 7. The monoisotopic (exact) mass is 376 g/mol. The van der Waals surface area contributed by atoms with Gasteiger partial charge in [0.2, 0.25) is 12.2 Å². The normalized spacial score (nSPS) is 19.8. The second-order valence-corrected chi connectivity index (χ2v) is 6.22. The molecule has 0 N–H and O–H groups in total. The summed E-state index contributed by atoms with van der Waals surface area (Å²) >= 11 is -2.22. The number of carbonyl (C=O) groups excluding carboxylic acids is 2. The molecule has 0 amide bonds. The van der Waals surface area contributed by atoms with E-state index in [1.165, 1.54) is 0 Å². The molecule has 0 saturated carbocycles. The van der Waals surface area contributed by atoms with Crippen molar-refractivity contribution in [3.8, 4) is 0 Å². The predicted molar refractivity (Wildman–Crippen MR) is 90.4 cm³/mol. The zero-order chi connectivity index (χ0) is 18.4. The van der Waals surface area contributed by atoms with Gasteiger partial charge in [-0.3, -0.25) is 0 Å². The number of rotatable bonds is 6. The van der Waals surface area contributed by atoms with E-state index in [2.05, 4.69) is 0 Å². The van der Waals surface area contributed by atoms with Gasteiger partial charge >= 0.3 is 23.3 Å². The van der Waals surface area contributed by atoms with Crippen molar-refractivity contribution in [2.75, 3.05) is 0 Å². The fourth-order valence-corrected chi connectivity index (χ4v) is 2.98. The third kappa shape index (κ3) is 4.75. The summed E-state index contributed by atoms with van der Waals surface area (Å²) in [5, 5.41) is 0. The van der Waals surface area contributed by atoms with Crippen LogP contribution in [-0.4, -0.2) is 28.4 Å². The van der Waals surface area contributed by atoms with Crippen molar-refractivity contribution < 1.29 is 31.6 Å². The van der Waals surface area contributed by atoms with Crippen molar-refractivity contribution in [1.29, 1.82) is 0 Å². The summed E-state index contributed by atoms with van der Waals surface area (Å²) in [4.78, 5) is 24.4. The van der Waals surface area contributed by atoms with Crippen LogP contribution in [0.25, 0.3) is 0 Å². The minimum Gasteiger partial charge on any atom is -0.459 e. The van der Waals surface area contributed by atoms with Crippen LogP contribution in [0.5, 0.6) is 0 Å². The van der Waals surface area contributed by atoms with Crippen molar-refractivity contribution in [2.24, 2.45) is 0 Å². The molecule has 1 saturated heterocycles. The zero-order valence-electron chi connectivity index (χ0n) is 13.6. The summed E-state index contributed by atoms with van der Waals surface area (Å²) in [6, 6.07) is 18.0. The predicted octanol–water partition coefficient (Wildman–Crippen LogP) is 1.84. The van der Waals surface area contributed by atoms with Crippen LogP contribution in [0.2, 0.25) is 0 Å². The van der Waals surface area contributed by atoms with Crippen LogP contribution in [0.4, 0.5) is 0 Å². The molecule has 0 radical (unpaired) electrons. The van der Waals surface area contributed by atoms with E-state index in [0.717, 1.165) is 11.1 Å². The molecule has 0 aliphatic carbocycles. The second-order valence-electron chi connectivity index (χ2n) is 5.42. The number of benzene rings is 2. The summed E-state index contributed by atoms with van der Waals surface area (Å²) in [6.07, 6.45) is -2.88. The first-order valence-corrected chi connectivity index (χ1v) is 8.80. The molecule has 0 unspecified atom stereocenters. The van der Waals surface area contributed by atoms with Crippen molar-refractivity contribution >= 4 is 23.3 Å². The molecular weight excluding hydrogens is 360 g/mol. The lowest BCUT2D eigenvalue weighted by atomic mass is 10.2. The van der Waals surface area contributed by atoms with Gasteiger partial charge in [-0.25, -0.2) is 18.0 Å². The van der Waals surface area contributed by atoms with Gasteiger partial charge in [0, 0.05) is 0 Å². The third-order valence-electron chi connectivity index (χ3n) is 3.55. The van der Waals surface area contributed by atoms with Gasteiger partial charge in [0.1, 0.15) is 13.2 Å². The van der Waals surface area contributed by atoms with E-state index in [0.29, 0.717) is 0 Å². The van der Waals surface area contributed by atoms with E-state index in [9.17, 15) is 13.8 Å². The van der Waals surface area contributed by atoms with Gasteiger partial charge in [-0.1, -0.05) is 60.7 Å². The van der Waals surface area contributed by atoms with Gasteiger partial charge in [-0.2, -0.15) is 4.21 Å². The Hall–Kier alpha value is -2.55. The first kappa shape index (κ1) is 18.2. The summed E-state index contributed by atoms with van der Waals surface area (Å²) in [5.74, 6) is -1.69. The van der Waals surface area contributed by atoms with Crippen LogP contribution >= 0.6 is 0 Å². The lowest BCUT2D eigenvalue weighted by Gasteiger charge is -2.14. The van der Waals surface area contributed by atoms with Gasteiger partial charge in [0.25, 0.3) is 0 Å². The van der Waals surface area contributed by atoms with Crippen LogP contribution in [0.3, 0.4) is 0 Å². The Morgan fingerprint density at radius 2 is 1.15 bits per heavy atom. The van der Waals surface area contributed by atoms with Gasteiger partial charge < -0.3 is 9.47 Å². The van der Waals surface area contributed by atoms with Gasteiger partial charge in [0.15, 0.2) is 0 Å². The van der Waals surface area contributed by atoms with Crippen LogP contribution in [0.15, 0.2) is 60.7 Å². The summed E-state index contributed by atoms with van der Waals surface area (Å²) in [7, 11) is 0. The lowest BCUT2D eigenvalue weighted by Crippen LogP contribution is -2.39. The van der Waals surface area contributed by atoms with Gasteiger partial charge in [-0.05, 0) is 11.1 Å². The fraction of sp³-hybridized carbons (Fsp3) is 0.222. The van der Waals surface area contributed by atoms with E-state index in [1.807, 2.05) is 12.1 Å². The van der Waals surface area contributed by atoms with Crippen molar-refractivity contribution in [2.45, 2.75) is 25.4 Å². The Labute approximate surface area is 152 Å². The molecule has 1 aliphatic rings. The number of hydrogen-bond donors (Lipinski definition) is 0. The standard InChI is InChI=1S/C18H16O7S/c19-17(22-11-13-7-3-1-4-8-13)15-16(25-26(21)24-15)18(20)23-12-14-9-5-2-6-10-14/h1-10,15-16H,11-12H2/t15-,16-/m1/s1. The molecule has 8 heteroatoms. The van der Waals surface area contributed by atoms with E-state index < -0.39 is 35.5 Å². The Bertz CT molecular complexity index is 713. The molecule has 2 aromatic rings. The molecule has 136 valence electrons. The highest BCUT2D eigenvalue weighted by atomic mass is 32.2. The van der Waals surface area contributed by atoms with Crippen LogP contribution in [0.1, 0.15) is 11.1 Å². The van der Waals surface area contributed by atoms with Gasteiger partial charge in [-0.15, -0.1) is 0 Å². The summed E-state index contributed by atoms with van der Waals surface area (Å²) in [5.41, 5.74) is 1.54. The van der Waals surface area contributed by atoms with Crippen LogP contribution in [0, 0.1) is 0 Å². The highest BCUT2D eigenvalue weighted by molar-refractivity contribution is 7.75. The first-order valence-electron chi connectivity index (χ1n) is 7.80. The lowest BCUT2D eigenvalue weighted by molar-refractivity contribution is -0.165. The van der Waals surface area contributed by atoms with E-state index >= 15 is 0 Å². The van der Waals surface area contributed by atoms with Crippen molar-refractivity contribution in [3.05, 3.63) is 71.8 Å². The summed E-state index contributed by atoms with van der Waals surface area (Å²) < 4.78 is 31.5. The largest absolute Gasteiger partial charge is 0.459 e. The molecule has 2 atom stereocenters. The number of ether oxygens (including phenoxy) is 2. The van der Waals surface area contributed by atoms with Crippen LogP contribution in [-0.2, 0) is 52.0 Å². The molecule has 2 aromatic carbocycles. The van der Waals surface area contributed by atoms with E-state index in [1.54, 1.807) is 48.5 Å². The quantitative estimate of drug-likeness (QED) is 0.711. The first-order chi connectivity index (χ1) is 12.6. The molecular formula is C18H16O7S. The zero-order valence-corrected chi connectivity index (χ0v) is 14.4. The van der Waals surface area contributed by atoms with Crippen molar-refractivity contribution in [1.82, 2.24) is 0 Å². The van der Waals surface area contributed by atoms with Crippen LogP contribution < -0.4 is 0 Å². The molecule has 3 rings (SSSR count). The highest BCUT2D eigenvalue weighted by Crippen LogP contribution is 2.21. The van der Waals surface area contributed by atoms with E-state index in [4.69, 9.17) is 17.8 Å². The van der Waals surface area contributed by atoms with Gasteiger partial charge in [0.05, 0.1) is 0 Å². The number of esters is 2. The Balaban J connectivity index is 1.57. The number of carbonyl (C=O) groups is 2. The molecule has 7 nitrogen and oxygen atoms in total. The van der Waals surface area contributed by atoms with Crippen molar-refractivity contribution in [3.63, 3.8) is 0 Å². The molecule has 1 fully saturated rings. The molecule has 0 spiro atoms. The Morgan fingerprint density at radius 3 is 1.54 bits per heavy atom. The molecule has 0 bridgehead atoms. The topological polar surface area (TPSA) is 88.1 Å². The third-order valence-corrected chi connectivity index (χ3v) is 4.28. The second kappa shape index (κ2) is 8.70. The Morgan fingerprint density at radius 1 is 0.769 bits per heavy atom. The molecule has 1 aliphatic heterocycles. The highest BCUT2D eigenvalue weighted by Gasteiger charge is 2.47. The van der Waals surface area contributed by atoms with E-state index in [-0.39, 0.29) is 13.2 Å². The minimum atomic E-state index is -2.22. The maximum atomic E-state index is 12.2. The summed E-state index contributed by atoms with van der Waals surface area (Å²) in [6.45, 7) is -0.00407. The molecule has 0 aromatic heterocycles. The SMILES string of the molecule is O=C(OCc1ccccc1)[C@@H]1OS(=O)O[C@H]1C(=O)OCc1ccccc1. The fourth-order valence-electron chi connectivity index (χ4n) is 2.24. The molecule has 26 heavy (non-hydrogen) atoms. The minimum absolute atomic E-state index is 0.00203. The Kier molecular flexibility index (Phi) is 6.11. The maximum absolute atomic E-state index is 12.2. The average Bonchev–Trinajstić information content (AvgIpc) is 3.08. The average molecular weight is 376 g/mol.